The number of nitrogens with one attached hydrogen (secondary N) is 2. The lowest BCUT2D eigenvalue weighted by molar-refractivity contribution is 0.248. The molecule has 0 saturated heterocycles. The topological polar surface area (TPSA) is 67.2 Å². The molecule has 4 N–H and O–H groups in total. The zero-order valence-electron chi connectivity index (χ0n) is 12.1. The van der Waals surface area contributed by atoms with Gasteiger partial charge in [0.05, 0.1) is 0 Å². The predicted octanol–water partition coefficient (Wildman–Crippen LogP) is 3.09. The van der Waals surface area contributed by atoms with Crippen LogP contribution < -0.4 is 16.4 Å². The van der Waals surface area contributed by atoms with Gasteiger partial charge in [0.15, 0.2) is 0 Å². The Balaban J connectivity index is 2.37. The van der Waals surface area contributed by atoms with Crippen LogP contribution in [0.5, 0.6) is 0 Å². The van der Waals surface area contributed by atoms with Crippen molar-refractivity contribution in [3.8, 4) is 0 Å². The molecule has 1 atom stereocenters. The molecule has 0 saturated carbocycles. The lowest BCUT2D eigenvalue weighted by atomic mass is 10.0. The van der Waals surface area contributed by atoms with Gasteiger partial charge >= 0.3 is 6.03 Å². The van der Waals surface area contributed by atoms with Crippen molar-refractivity contribution < 1.29 is 4.79 Å². The van der Waals surface area contributed by atoms with E-state index in [9.17, 15) is 4.79 Å². The molecule has 4 nitrogen and oxygen atoms in total. The molecule has 106 valence electrons. The van der Waals surface area contributed by atoms with E-state index in [1.165, 1.54) is 0 Å². The van der Waals surface area contributed by atoms with Crippen LogP contribution in [0.25, 0.3) is 0 Å². The van der Waals surface area contributed by atoms with Crippen LogP contribution in [0.3, 0.4) is 0 Å². The highest BCUT2D eigenvalue weighted by atomic mass is 16.2. The highest BCUT2D eigenvalue weighted by molar-refractivity contribution is 5.89. The third-order valence-electron chi connectivity index (χ3n) is 3.00. The maximum Gasteiger partial charge on any atom is 0.319 e. The van der Waals surface area contributed by atoms with Crippen molar-refractivity contribution in [1.82, 2.24) is 5.32 Å². The Hall–Kier alpha value is -1.55. The Morgan fingerprint density at radius 1 is 1.16 bits per heavy atom. The van der Waals surface area contributed by atoms with Crippen LogP contribution in [-0.2, 0) is 6.54 Å². The molecule has 0 aliphatic rings. The van der Waals surface area contributed by atoms with E-state index in [2.05, 4.69) is 24.5 Å². The summed E-state index contributed by atoms with van der Waals surface area (Å²) in [6.45, 7) is 6.91. The third kappa shape index (κ3) is 6.25. The number of carbonyl (C=O) groups excluding carboxylic acids is 1. The molecule has 19 heavy (non-hydrogen) atoms. The van der Waals surface area contributed by atoms with Crippen LogP contribution in [0.15, 0.2) is 24.3 Å². The molecule has 0 heterocycles. The number of amides is 2. The molecule has 1 aromatic carbocycles. The second-order valence-corrected chi connectivity index (χ2v) is 5.37. The summed E-state index contributed by atoms with van der Waals surface area (Å²) in [5, 5.41) is 5.76. The quantitative estimate of drug-likeness (QED) is 0.738. The second-order valence-electron chi connectivity index (χ2n) is 5.37. The van der Waals surface area contributed by atoms with Crippen LogP contribution in [-0.4, -0.2) is 12.1 Å². The summed E-state index contributed by atoms with van der Waals surface area (Å²) >= 11 is 0. The maximum absolute atomic E-state index is 11.8. The fourth-order valence-electron chi connectivity index (χ4n) is 1.77. The fourth-order valence-corrected chi connectivity index (χ4v) is 1.77. The van der Waals surface area contributed by atoms with Gasteiger partial charge in [-0.3, -0.25) is 0 Å². The predicted molar refractivity (Wildman–Crippen MR) is 80.0 cm³/mol. The summed E-state index contributed by atoms with van der Waals surface area (Å²) in [5.74, 6) is 0.663. The molecular weight excluding hydrogens is 238 g/mol. The van der Waals surface area contributed by atoms with Gasteiger partial charge in [0, 0.05) is 18.3 Å². The first-order chi connectivity index (χ1) is 9.01. The zero-order chi connectivity index (χ0) is 14.3. The van der Waals surface area contributed by atoms with E-state index >= 15 is 0 Å². The van der Waals surface area contributed by atoms with Gasteiger partial charge in [-0.2, -0.15) is 0 Å². The van der Waals surface area contributed by atoms with Gasteiger partial charge in [-0.15, -0.1) is 0 Å². The zero-order valence-corrected chi connectivity index (χ0v) is 12.1. The Morgan fingerprint density at radius 3 is 2.32 bits per heavy atom. The molecule has 1 aromatic rings. The van der Waals surface area contributed by atoms with Gasteiger partial charge in [-0.1, -0.05) is 26.0 Å². The molecular formula is C15H25N3O. The lowest BCUT2D eigenvalue weighted by Crippen LogP contribution is -2.36. The number of benzene rings is 1. The second kappa shape index (κ2) is 7.79. The molecule has 4 heteroatoms. The van der Waals surface area contributed by atoms with Gasteiger partial charge in [0.25, 0.3) is 0 Å². The molecule has 0 aliphatic heterocycles. The van der Waals surface area contributed by atoms with Crippen LogP contribution in [0.2, 0.25) is 0 Å². The van der Waals surface area contributed by atoms with Gasteiger partial charge in [0.1, 0.15) is 0 Å². The Kier molecular flexibility index (Phi) is 6.36. The first-order valence-electron chi connectivity index (χ1n) is 6.87. The normalized spacial score (nSPS) is 12.3. The van der Waals surface area contributed by atoms with E-state index in [0.29, 0.717) is 12.5 Å². The van der Waals surface area contributed by atoms with E-state index in [1.54, 1.807) is 0 Å². The number of rotatable bonds is 6. The maximum atomic E-state index is 11.8. The number of carbonyl (C=O) groups is 1. The first-order valence-corrected chi connectivity index (χ1v) is 6.87. The summed E-state index contributed by atoms with van der Waals surface area (Å²) in [6, 6.07) is 7.58. The summed E-state index contributed by atoms with van der Waals surface area (Å²) in [5.41, 5.74) is 7.36. The number of hydrogen-bond donors (Lipinski definition) is 3. The SMILES string of the molecule is CC(C)CCC(C)NC(=O)Nc1ccc(CN)cc1. The van der Waals surface area contributed by atoms with Gasteiger partial charge in [-0.05, 0) is 43.4 Å². The number of nitrogens with two attached hydrogens (primary N) is 1. The Morgan fingerprint density at radius 2 is 1.79 bits per heavy atom. The molecule has 0 radical (unpaired) electrons. The van der Waals surface area contributed by atoms with Crippen molar-refractivity contribution in [2.75, 3.05) is 5.32 Å². The largest absolute Gasteiger partial charge is 0.335 e. The monoisotopic (exact) mass is 263 g/mol. The van der Waals surface area contributed by atoms with Gasteiger partial charge in [0.2, 0.25) is 0 Å². The number of hydrogen-bond acceptors (Lipinski definition) is 2. The molecule has 0 fully saturated rings. The van der Waals surface area contributed by atoms with Crippen LogP contribution in [0.1, 0.15) is 39.2 Å². The van der Waals surface area contributed by atoms with Crippen molar-refractivity contribution in [3.05, 3.63) is 29.8 Å². The van der Waals surface area contributed by atoms with Crippen LogP contribution in [0.4, 0.5) is 10.5 Å². The van der Waals surface area contributed by atoms with Crippen molar-refractivity contribution >= 4 is 11.7 Å². The molecule has 1 rings (SSSR count). The number of anilines is 1. The Bertz CT molecular complexity index is 387. The summed E-state index contributed by atoms with van der Waals surface area (Å²) in [6.07, 6.45) is 2.11. The van der Waals surface area contributed by atoms with E-state index < -0.39 is 0 Å². The molecule has 0 bridgehead atoms. The van der Waals surface area contributed by atoms with Crippen LogP contribution >= 0.6 is 0 Å². The minimum atomic E-state index is -0.156. The minimum Gasteiger partial charge on any atom is -0.335 e. The van der Waals surface area contributed by atoms with E-state index in [1.807, 2.05) is 31.2 Å². The summed E-state index contributed by atoms with van der Waals surface area (Å²) in [7, 11) is 0. The summed E-state index contributed by atoms with van der Waals surface area (Å²) in [4.78, 5) is 11.8. The van der Waals surface area contributed by atoms with Crippen molar-refractivity contribution in [1.29, 1.82) is 0 Å². The first kappa shape index (κ1) is 15.5. The molecule has 0 aromatic heterocycles. The van der Waals surface area contributed by atoms with Crippen molar-refractivity contribution in [2.24, 2.45) is 11.7 Å². The molecule has 0 spiro atoms. The molecule has 1 unspecified atom stereocenters. The number of urea groups is 1. The highest BCUT2D eigenvalue weighted by Gasteiger charge is 2.08. The fraction of sp³-hybridized carbons (Fsp3) is 0.533. The van der Waals surface area contributed by atoms with Crippen molar-refractivity contribution in [3.63, 3.8) is 0 Å². The average molecular weight is 263 g/mol. The lowest BCUT2D eigenvalue weighted by Gasteiger charge is -2.15. The van der Waals surface area contributed by atoms with Crippen molar-refractivity contribution in [2.45, 2.75) is 46.2 Å². The van der Waals surface area contributed by atoms with E-state index in [4.69, 9.17) is 5.73 Å². The van der Waals surface area contributed by atoms with Crippen LogP contribution in [0, 0.1) is 5.92 Å². The highest BCUT2D eigenvalue weighted by Crippen LogP contribution is 2.10. The van der Waals surface area contributed by atoms with E-state index in [0.717, 1.165) is 24.1 Å². The smallest absolute Gasteiger partial charge is 0.319 e. The van der Waals surface area contributed by atoms with Gasteiger partial charge in [-0.25, -0.2) is 4.79 Å². The Labute approximate surface area is 115 Å². The average Bonchev–Trinajstić information content (AvgIpc) is 2.37. The third-order valence-corrected chi connectivity index (χ3v) is 3.00. The summed E-state index contributed by atoms with van der Waals surface area (Å²) < 4.78 is 0. The molecule has 2 amide bonds. The van der Waals surface area contributed by atoms with Gasteiger partial charge < -0.3 is 16.4 Å². The minimum absolute atomic E-state index is 0.156. The standard InChI is InChI=1S/C15H25N3O/c1-11(2)4-5-12(3)17-15(19)18-14-8-6-13(10-16)7-9-14/h6-9,11-12H,4-5,10,16H2,1-3H3,(H2,17,18,19). The van der Waals surface area contributed by atoms with E-state index in [-0.39, 0.29) is 12.1 Å². The molecule has 0 aliphatic carbocycles.